The smallest absolute Gasteiger partial charge is 0.191 e. The van der Waals surface area contributed by atoms with Gasteiger partial charge >= 0.3 is 0 Å². The number of aliphatic imine (C=N–C) groups is 1. The zero-order valence-corrected chi connectivity index (χ0v) is 17.9. The van der Waals surface area contributed by atoms with Crippen LogP contribution in [0.3, 0.4) is 0 Å². The molecule has 0 saturated carbocycles. The summed E-state index contributed by atoms with van der Waals surface area (Å²) in [6.45, 7) is 11.3. The van der Waals surface area contributed by atoms with Gasteiger partial charge in [0.15, 0.2) is 5.96 Å². The van der Waals surface area contributed by atoms with Crippen LogP contribution in [-0.4, -0.2) is 70.5 Å². The van der Waals surface area contributed by atoms with Crippen molar-refractivity contribution in [2.45, 2.75) is 39.2 Å². The van der Waals surface area contributed by atoms with Crippen molar-refractivity contribution in [2.24, 2.45) is 4.99 Å². The normalized spacial score (nSPS) is 17.1. The standard InChI is InChI=1S/C20H36N4O2S/c1-4-5-12-25-13-6-9-22-20(21-3)23-16-18(19-8-7-17(2)27-19)24-10-14-26-15-11-24/h7-8,18H,4-6,9-16H2,1-3H3,(H2,21,22,23). The van der Waals surface area contributed by atoms with Gasteiger partial charge in [-0.05, 0) is 31.9 Å². The van der Waals surface area contributed by atoms with Crippen LogP contribution in [0.15, 0.2) is 17.1 Å². The Kier molecular flexibility index (Phi) is 10.7. The third-order valence-electron chi connectivity index (χ3n) is 4.66. The molecule has 0 radical (unpaired) electrons. The molecule has 1 atom stereocenters. The van der Waals surface area contributed by atoms with E-state index >= 15 is 0 Å². The SMILES string of the molecule is CCCCOCCCNC(=NC)NCC(c1ccc(C)s1)N1CCOCC1. The summed E-state index contributed by atoms with van der Waals surface area (Å²) in [6.07, 6.45) is 3.31. The fourth-order valence-corrected chi connectivity index (χ4v) is 4.09. The average Bonchev–Trinajstić information content (AvgIpc) is 3.12. The molecule has 7 heteroatoms. The van der Waals surface area contributed by atoms with Crippen molar-refractivity contribution in [1.29, 1.82) is 0 Å². The summed E-state index contributed by atoms with van der Waals surface area (Å²) in [7, 11) is 1.83. The van der Waals surface area contributed by atoms with Gasteiger partial charge in [0.25, 0.3) is 0 Å². The Balaban J connectivity index is 1.78. The van der Waals surface area contributed by atoms with Crippen molar-refractivity contribution in [3.63, 3.8) is 0 Å². The summed E-state index contributed by atoms with van der Waals surface area (Å²) >= 11 is 1.88. The predicted molar refractivity (Wildman–Crippen MR) is 114 cm³/mol. The molecule has 1 unspecified atom stereocenters. The fourth-order valence-electron chi connectivity index (χ4n) is 3.07. The number of hydrogen-bond acceptors (Lipinski definition) is 5. The molecular formula is C20H36N4O2S. The van der Waals surface area contributed by atoms with Crippen molar-refractivity contribution in [3.05, 3.63) is 21.9 Å². The highest BCUT2D eigenvalue weighted by atomic mass is 32.1. The minimum Gasteiger partial charge on any atom is -0.381 e. The number of ether oxygens (including phenoxy) is 2. The van der Waals surface area contributed by atoms with Crippen LogP contribution in [0.2, 0.25) is 0 Å². The van der Waals surface area contributed by atoms with Gasteiger partial charge in [0, 0.05) is 56.2 Å². The van der Waals surface area contributed by atoms with Crippen LogP contribution in [0.25, 0.3) is 0 Å². The lowest BCUT2D eigenvalue weighted by Crippen LogP contribution is -2.46. The molecule has 1 aromatic heterocycles. The zero-order valence-electron chi connectivity index (χ0n) is 17.1. The molecule has 0 amide bonds. The zero-order chi connectivity index (χ0) is 19.3. The van der Waals surface area contributed by atoms with E-state index in [1.54, 1.807) is 0 Å². The number of rotatable bonds is 11. The number of morpholine rings is 1. The van der Waals surface area contributed by atoms with Crippen molar-refractivity contribution >= 4 is 17.3 Å². The summed E-state index contributed by atoms with van der Waals surface area (Å²) < 4.78 is 11.1. The van der Waals surface area contributed by atoms with E-state index < -0.39 is 0 Å². The van der Waals surface area contributed by atoms with Gasteiger partial charge in [-0.1, -0.05) is 13.3 Å². The number of nitrogens with zero attached hydrogens (tertiary/aromatic N) is 2. The van der Waals surface area contributed by atoms with Gasteiger partial charge in [-0.2, -0.15) is 0 Å². The molecule has 2 N–H and O–H groups in total. The van der Waals surface area contributed by atoms with Crippen LogP contribution in [0.1, 0.15) is 42.0 Å². The first kappa shape index (κ1) is 22.1. The van der Waals surface area contributed by atoms with Crippen LogP contribution >= 0.6 is 11.3 Å². The first-order valence-corrected chi connectivity index (χ1v) is 11.0. The lowest BCUT2D eigenvalue weighted by Gasteiger charge is -2.34. The van der Waals surface area contributed by atoms with Gasteiger partial charge in [0.1, 0.15) is 0 Å². The van der Waals surface area contributed by atoms with E-state index in [2.05, 4.69) is 46.5 Å². The van der Waals surface area contributed by atoms with Gasteiger partial charge in [0.05, 0.1) is 19.3 Å². The molecule has 2 heterocycles. The number of unbranched alkanes of at least 4 members (excludes halogenated alkanes) is 1. The first-order chi connectivity index (χ1) is 13.2. The molecule has 0 aliphatic carbocycles. The van der Waals surface area contributed by atoms with E-state index in [0.717, 1.165) is 71.4 Å². The highest BCUT2D eigenvalue weighted by Crippen LogP contribution is 2.27. The molecule has 2 rings (SSSR count). The second-order valence-corrected chi connectivity index (χ2v) is 8.13. The Morgan fingerprint density at radius 3 is 2.70 bits per heavy atom. The average molecular weight is 397 g/mol. The maximum atomic E-state index is 5.61. The van der Waals surface area contributed by atoms with Crippen molar-refractivity contribution in [2.75, 3.05) is 59.7 Å². The Morgan fingerprint density at radius 1 is 1.26 bits per heavy atom. The van der Waals surface area contributed by atoms with Gasteiger partial charge < -0.3 is 20.1 Å². The maximum absolute atomic E-state index is 5.61. The lowest BCUT2D eigenvalue weighted by molar-refractivity contribution is 0.0177. The van der Waals surface area contributed by atoms with Crippen molar-refractivity contribution in [3.8, 4) is 0 Å². The van der Waals surface area contributed by atoms with Crippen LogP contribution in [-0.2, 0) is 9.47 Å². The number of nitrogens with one attached hydrogen (secondary N) is 2. The summed E-state index contributed by atoms with van der Waals surface area (Å²) in [5, 5.41) is 6.90. The Bertz CT molecular complexity index is 544. The van der Waals surface area contributed by atoms with E-state index in [9.17, 15) is 0 Å². The van der Waals surface area contributed by atoms with E-state index in [0.29, 0.717) is 6.04 Å². The molecule has 0 aromatic carbocycles. The second-order valence-electron chi connectivity index (χ2n) is 6.81. The predicted octanol–water partition coefficient (Wildman–Crippen LogP) is 2.80. The highest BCUT2D eigenvalue weighted by Gasteiger charge is 2.24. The molecule has 27 heavy (non-hydrogen) atoms. The second kappa shape index (κ2) is 13.1. The number of guanidine groups is 1. The molecule has 1 saturated heterocycles. The van der Waals surface area contributed by atoms with Crippen LogP contribution in [0, 0.1) is 6.92 Å². The minimum atomic E-state index is 0.350. The molecule has 0 bridgehead atoms. The van der Waals surface area contributed by atoms with Gasteiger partial charge in [-0.3, -0.25) is 9.89 Å². The van der Waals surface area contributed by atoms with Crippen LogP contribution in [0.4, 0.5) is 0 Å². The number of thiophene rings is 1. The number of hydrogen-bond donors (Lipinski definition) is 2. The molecule has 1 aromatic rings. The third-order valence-corrected chi connectivity index (χ3v) is 5.76. The topological polar surface area (TPSA) is 58.1 Å². The van der Waals surface area contributed by atoms with Gasteiger partial charge in [-0.25, -0.2) is 0 Å². The molecular weight excluding hydrogens is 360 g/mol. The van der Waals surface area contributed by atoms with E-state index in [1.165, 1.54) is 16.2 Å². The molecule has 1 aliphatic heterocycles. The molecule has 0 spiro atoms. The molecule has 1 fully saturated rings. The fraction of sp³-hybridized carbons (Fsp3) is 0.750. The summed E-state index contributed by atoms with van der Waals surface area (Å²) in [5.74, 6) is 0.857. The Labute approximate surface area is 168 Å². The first-order valence-electron chi connectivity index (χ1n) is 10.1. The monoisotopic (exact) mass is 396 g/mol. The van der Waals surface area contributed by atoms with E-state index in [-0.39, 0.29) is 0 Å². The maximum Gasteiger partial charge on any atom is 0.191 e. The van der Waals surface area contributed by atoms with Crippen molar-refractivity contribution < 1.29 is 9.47 Å². The van der Waals surface area contributed by atoms with Crippen LogP contribution in [0.5, 0.6) is 0 Å². The quantitative estimate of drug-likeness (QED) is 0.342. The number of aryl methyl sites for hydroxylation is 1. The highest BCUT2D eigenvalue weighted by molar-refractivity contribution is 7.12. The summed E-state index contributed by atoms with van der Waals surface area (Å²) in [5.41, 5.74) is 0. The lowest BCUT2D eigenvalue weighted by atomic mass is 10.2. The summed E-state index contributed by atoms with van der Waals surface area (Å²) in [4.78, 5) is 9.64. The van der Waals surface area contributed by atoms with E-state index in [4.69, 9.17) is 9.47 Å². The van der Waals surface area contributed by atoms with Crippen molar-refractivity contribution in [1.82, 2.24) is 15.5 Å². The summed E-state index contributed by atoms with van der Waals surface area (Å²) in [6, 6.07) is 4.81. The van der Waals surface area contributed by atoms with E-state index in [1.807, 2.05) is 18.4 Å². The van der Waals surface area contributed by atoms with Gasteiger partial charge in [-0.15, -0.1) is 11.3 Å². The van der Waals surface area contributed by atoms with Crippen LogP contribution < -0.4 is 10.6 Å². The Hall–Kier alpha value is -1.15. The molecule has 6 nitrogen and oxygen atoms in total. The third kappa shape index (κ3) is 8.17. The van der Waals surface area contributed by atoms with Gasteiger partial charge in [0.2, 0.25) is 0 Å². The largest absolute Gasteiger partial charge is 0.381 e. The molecule has 154 valence electrons. The Morgan fingerprint density at radius 2 is 2.04 bits per heavy atom. The minimum absolute atomic E-state index is 0.350. The molecule has 1 aliphatic rings.